The number of nitrogens with zero attached hydrogens (tertiary/aromatic N) is 1. The van der Waals surface area contributed by atoms with E-state index in [1.54, 1.807) is 24.3 Å². The van der Waals surface area contributed by atoms with Crippen LogP contribution >= 0.6 is 0 Å². The molecule has 1 fully saturated rings. The minimum Gasteiger partial charge on any atom is -0.457 e. The third-order valence-electron chi connectivity index (χ3n) is 4.92. The van der Waals surface area contributed by atoms with Crippen LogP contribution in [0, 0.1) is 0 Å². The maximum atomic E-state index is 12.6. The Hall–Kier alpha value is -2.54. The molecule has 2 aromatic carbocycles. The lowest BCUT2D eigenvalue weighted by Gasteiger charge is -2.26. The van der Waals surface area contributed by atoms with Crippen molar-refractivity contribution in [2.24, 2.45) is 0 Å². The number of hydrogen-bond acceptors (Lipinski definition) is 3. The van der Waals surface area contributed by atoms with Crippen molar-refractivity contribution in [2.45, 2.75) is 31.9 Å². The van der Waals surface area contributed by atoms with Crippen LogP contribution in [0.3, 0.4) is 0 Å². The Balaban J connectivity index is 1.44. The number of hydrogen-bond donors (Lipinski definition) is 1. The normalized spacial score (nSPS) is 15.1. The van der Waals surface area contributed by atoms with E-state index in [4.69, 9.17) is 4.74 Å². The molecule has 0 saturated carbocycles. The van der Waals surface area contributed by atoms with E-state index in [-0.39, 0.29) is 5.91 Å². The van der Waals surface area contributed by atoms with Gasteiger partial charge in [-0.1, -0.05) is 6.42 Å². The van der Waals surface area contributed by atoms with Gasteiger partial charge < -0.3 is 15.0 Å². The van der Waals surface area contributed by atoms with E-state index in [1.807, 2.05) is 0 Å². The monoisotopic (exact) mass is 406 g/mol. The smallest absolute Gasteiger partial charge is 0.416 e. The molecule has 1 saturated heterocycles. The zero-order chi connectivity index (χ0) is 20.7. The molecule has 0 aliphatic carbocycles. The Morgan fingerprint density at radius 1 is 0.931 bits per heavy atom. The Bertz CT molecular complexity index is 783. The van der Waals surface area contributed by atoms with E-state index in [0.717, 1.165) is 38.2 Å². The Labute approximate surface area is 168 Å². The highest BCUT2D eigenvalue weighted by Gasteiger charge is 2.30. The number of halogens is 3. The maximum Gasteiger partial charge on any atom is 0.416 e. The number of piperidine rings is 1. The molecule has 0 atom stereocenters. The number of carbonyl (C=O) groups excluding carboxylic acids is 1. The number of ether oxygens (including phenoxy) is 1. The average molecular weight is 406 g/mol. The first-order chi connectivity index (χ1) is 13.9. The number of likely N-dealkylation sites (tertiary alicyclic amines) is 1. The Kier molecular flexibility index (Phi) is 7.14. The summed E-state index contributed by atoms with van der Waals surface area (Å²) in [7, 11) is 0. The molecule has 1 amide bonds. The quantitative estimate of drug-likeness (QED) is 0.650. The SMILES string of the molecule is O=C(NCCCN1CCCCC1)c1ccc(Oc2ccc(C(F)(F)F)cc2)cc1. The average Bonchev–Trinajstić information content (AvgIpc) is 2.72. The third-order valence-corrected chi connectivity index (χ3v) is 4.92. The lowest BCUT2D eigenvalue weighted by atomic mass is 10.1. The molecule has 156 valence electrons. The Morgan fingerprint density at radius 3 is 2.10 bits per heavy atom. The van der Waals surface area contributed by atoms with E-state index in [2.05, 4.69) is 10.2 Å². The topological polar surface area (TPSA) is 41.6 Å². The van der Waals surface area contributed by atoms with Gasteiger partial charge in [-0.2, -0.15) is 13.2 Å². The molecule has 7 heteroatoms. The lowest BCUT2D eigenvalue weighted by Crippen LogP contribution is -2.33. The molecule has 1 heterocycles. The van der Waals surface area contributed by atoms with Gasteiger partial charge in [0.05, 0.1) is 5.56 Å². The van der Waals surface area contributed by atoms with Crippen LogP contribution in [0.2, 0.25) is 0 Å². The molecule has 0 bridgehead atoms. The van der Waals surface area contributed by atoms with Crippen LogP contribution in [0.1, 0.15) is 41.6 Å². The van der Waals surface area contributed by atoms with E-state index >= 15 is 0 Å². The number of carbonyl (C=O) groups is 1. The molecule has 1 aliphatic rings. The number of alkyl halides is 3. The molecule has 0 aromatic heterocycles. The molecular weight excluding hydrogens is 381 g/mol. The fourth-order valence-corrected chi connectivity index (χ4v) is 3.31. The van der Waals surface area contributed by atoms with Crippen molar-refractivity contribution in [1.82, 2.24) is 10.2 Å². The van der Waals surface area contributed by atoms with Crippen molar-refractivity contribution in [2.75, 3.05) is 26.2 Å². The summed E-state index contributed by atoms with van der Waals surface area (Å²) in [6.07, 6.45) is 0.370. The summed E-state index contributed by atoms with van der Waals surface area (Å²) in [5, 5.41) is 2.92. The minimum atomic E-state index is -4.37. The van der Waals surface area contributed by atoms with Crippen molar-refractivity contribution in [3.05, 3.63) is 59.7 Å². The first-order valence-corrected chi connectivity index (χ1v) is 9.87. The standard InChI is InChI=1S/C22H25F3N2O2/c23-22(24,25)18-7-11-20(12-8-18)29-19-9-5-17(6-10-19)21(28)26-13-4-16-27-14-2-1-3-15-27/h5-12H,1-4,13-16H2,(H,26,28). The molecule has 0 unspecified atom stereocenters. The third kappa shape index (κ3) is 6.49. The number of benzene rings is 2. The predicted molar refractivity (Wildman–Crippen MR) is 105 cm³/mol. The largest absolute Gasteiger partial charge is 0.457 e. The summed E-state index contributed by atoms with van der Waals surface area (Å²) in [4.78, 5) is 14.7. The number of rotatable bonds is 7. The molecule has 29 heavy (non-hydrogen) atoms. The van der Waals surface area contributed by atoms with Gasteiger partial charge in [-0.05, 0) is 87.4 Å². The van der Waals surface area contributed by atoms with Crippen molar-refractivity contribution < 1.29 is 22.7 Å². The molecule has 0 spiro atoms. The van der Waals surface area contributed by atoms with Gasteiger partial charge in [0.1, 0.15) is 11.5 Å². The van der Waals surface area contributed by atoms with Crippen molar-refractivity contribution in [1.29, 1.82) is 0 Å². The summed E-state index contributed by atoms with van der Waals surface area (Å²) in [6, 6.07) is 11.0. The van der Waals surface area contributed by atoms with Crippen molar-refractivity contribution in [3.8, 4) is 11.5 Å². The summed E-state index contributed by atoms with van der Waals surface area (Å²) in [6.45, 7) is 3.92. The van der Waals surface area contributed by atoms with Crippen LogP contribution in [0.25, 0.3) is 0 Å². The minimum absolute atomic E-state index is 0.148. The van der Waals surface area contributed by atoms with Crippen molar-refractivity contribution >= 4 is 5.91 Å². The van der Waals surface area contributed by atoms with E-state index in [1.165, 1.54) is 31.4 Å². The van der Waals surface area contributed by atoms with Gasteiger partial charge in [-0.3, -0.25) is 4.79 Å². The second-order valence-corrected chi connectivity index (χ2v) is 7.16. The zero-order valence-electron chi connectivity index (χ0n) is 16.2. The van der Waals surface area contributed by atoms with Gasteiger partial charge in [0, 0.05) is 12.1 Å². The highest BCUT2D eigenvalue weighted by molar-refractivity contribution is 5.94. The summed E-state index contributed by atoms with van der Waals surface area (Å²) in [5.74, 6) is 0.601. The van der Waals surface area contributed by atoms with E-state index in [9.17, 15) is 18.0 Å². The van der Waals surface area contributed by atoms with Crippen LogP contribution in [-0.4, -0.2) is 37.0 Å². The molecule has 4 nitrogen and oxygen atoms in total. The van der Waals surface area contributed by atoms with Gasteiger partial charge in [0.15, 0.2) is 0 Å². The zero-order valence-corrected chi connectivity index (χ0v) is 16.2. The lowest BCUT2D eigenvalue weighted by molar-refractivity contribution is -0.137. The van der Waals surface area contributed by atoms with Gasteiger partial charge in [-0.15, -0.1) is 0 Å². The molecule has 3 rings (SSSR count). The van der Waals surface area contributed by atoms with E-state index in [0.29, 0.717) is 23.6 Å². The predicted octanol–water partition coefficient (Wildman–Crippen LogP) is 5.10. The molecule has 1 N–H and O–H groups in total. The molecule has 2 aromatic rings. The second kappa shape index (κ2) is 9.78. The fourth-order valence-electron chi connectivity index (χ4n) is 3.31. The molecule has 1 aliphatic heterocycles. The van der Waals surface area contributed by atoms with Crippen molar-refractivity contribution in [3.63, 3.8) is 0 Å². The van der Waals surface area contributed by atoms with Gasteiger partial charge in [-0.25, -0.2) is 0 Å². The van der Waals surface area contributed by atoms with Gasteiger partial charge in [0.25, 0.3) is 5.91 Å². The number of amides is 1. The van der Waals surface area contributed by atoms with Gasteiger partial charge >= 0.3 is 6.18 Å². The highest BCUT2D eigenvalue weighted by atomic mass is 19.4. The highest BCUT2D eigenvalue weighted by Crippen LogP contribution is 2.31. The van der Waals surface area contributed by atoms with Crippen LogP contribution in [0.15, 0.2) is 48.5 Å². The summed E-state index contributed by atoms with van der Waals surface area (Å²) >= 11 is 0. The van der Waals surface area contributed by atoms with Gasteiger partial charge in [0.2, 0.25) is 0 Å². The summed E-state index contributed by atoms with van der Waals surface area (Å²) in [5.41, 5.74) is -0.208. The first-order valence-electron chi connectivity index (χ1n) is 9.87. The second-order valence-electron chi connectivity index (χ2n) is 7.16. The van der Waals surface area contributed by atoms with E-state index < -0.39 is 11.7 Å². The molecule has 0 radical (unpaired) electrons. The molecular formula is C22H25F3N2O2. The van der Waals surface area contributed by atoms with Crippen LogP contribution in [0.5, 0.6) is 11.5 Å². The Morgan fingerprint density at radius 2 is 1.52 bits per heavy atom. The van der Waals surface area contributed by atoms with Crippen LogP contribution in [-0.2, 0) is 6.18 Å². The van der Waals surface area contributed by atoms with Crippen LogP contribution in [0.4, 0.5) is 13.2 Å². The van der Waals surface area contributed by atoms with Crippen LogP contribution < -0.4 is 10.1 Å². The fraction of sp³-hybridized carbons (Fsp3) is 0.409. The summed E-state index contributed by atoms with van der Waals surface area (Å²) < 4.78 is 43.3. The number of nitrogens with one attached hydrogen (secondary N) is 1. The first kappa shape index (κ1) is 21.2. The maximum absolute atomic E-state index is 12.6.